The van der Waals surface area contributed by atoms with E-state index in [9.17, 15) is 9.59 Å². The summed E-state index contributed by atoms with van der Waals surface area (Å²) in [6, 6.07) is 18.0. The monoisotopic (exact) mass is 503 g/mol. The van der Waals surface area contributed by atoms with E-state index in [0.717, 1.165) is 36.8 Å². The fourth-order valence-corrected chi connectivity index (χ4v) is 5.74. The smallest absolute Gasteiger partial charge is 0.312 e. The highest BCUT2D eigenvalue weighted by atomic mass is 16.5. The van der Waals surface area contributed by atoms with Gasteiger partial charge < -0.3 is 14.6 Å². The number of hydrogen-bond acceptors (Lipinski definition) is 6. The number of carbonyl (C=O) groups excluding carboxylic acids is 1. The molecule has 0 unspecified atom stereocenters. The summed E-state index contributed by atoms with van der Waals surface area (Å²) in [5.74, 6) is -1.09. The molecule has 3 aliphatic rings. The van der Waals surface area contributed by atoms with Gasteiger partial charge in [0.25, 0.3) is 0 Å². The predicted octanol–water partition coefficient (Wildman–Crippen LogP) is 4.77. The molecule has 0 spiro atoms. The molecule has 0 radical (unpaired) electrons. The Morgan fingerprint density at radius 2 is 1.78 bits per heavy atom. The Morgan fingerprint density at radius 3 is 2.41 bits per heavy atom. The third-order valence-electron chi connectivity index (χ3n) is 8.17. The van der Waals surface area contributed by atoms with Gasteiger partial charge in [0.2, 0.25) is 0 Å². The standard InChI is InChI=1S/C29H33N3O5/c1-20(21-6-4-3-5-7-21)37-26(35)18-24-27(30-31-32(24)2)22-8-10-23(11-9-22)28-14-16-29(17-15-28,36-19-28)13-12-25(33)34/h3-11,20H,12-19H2,1-2H3,(H,33,34)/t20-,28?,29?/m1/s1. The number of fused-ring (bicyclic) bond motifs is 3. The van der Waals surface area contributed by atoms with Crippen LogP contribution in [0.15, 0.2) is 54.6 Å². The van der Waals surface area contributed by atoms with Gasteiger partial charge in [-0.2, -0.15) is 0 Å². The summed E-state index contributed by atoms with van der Waals surface area (Å²) in [5, 5.41) is 17.6. The minimum Gasteiger partial charge on any atom is -0.481 e. The lowest BCUT2D eigenvalue weighted by atomic mass is 9.62. The number of aryl methyl sites for hydroxylation is 1. The van der Waals surface area contributed by atoms with E-state index in [1.54, 1.807) is 11.7 Å². The van der Waals surface area contributed by atoms with Crippen molar-refractivity contribution >= 4 is 11.9 Å². The molecule has 2 saturated heterocycles. The molecule has 8 heteroatoms. The van der Waals surface area contributed by atoms with Gasteiger partial charge in [-0.1, -0.05) is 59.8 Å². The lowest BCUT2D eigenvalue weighted by Crippen LogP contribution is -2.53. The van der Waals surface area contributed by atoms with Crippen molar-refractivity contribution in [2.24, 2.45) is 7.05 Å². The van der Waals surface area contributed by atoms with Gasteiger partial charge in [-0.05, 0) is 50.2 Å². The lowest BCUT2D eigenvalue weighted by molar-refractivity contribution is -0.165. The number of benzene rings is 2. The first kappa shape index (κ1) is 25.1. The third-order valence-corrected chi connectivity index (χ3v) is 8.17. The first-order valence-electron chi connectivity index (χ1n) is 12.9. The molecule has 194 valence electrons. The number of rotatable bonds is 9. The highest BCUT2D eigenvalue weighted by Gasteiger charge is 2.50. The molecule has 1 saturated carbocycles. The van der Waals surface area contributed by atoms with Crippen LogP contribution in [0.2, 0.25) is 0 Å². The number of hydrogen-bond donors (Lipinski definition) is 1. The molecule has 2 bridgehead atoms. The van der Waals surface area contributed by atoms with Crippen molar-refractivity contribution in [2.75, 3.05) is 6.61 Å². The third kappa shape index (κ3) is 5.16. The number of ether oxygens (including phenoxy) is 2. The zero-order chi connectivity index (χ0) is 26.0. The molecule has 2 aromatic carbocycles. The molecule has 3 fully saturated rings. The number of aromatic nitrogens is 3. The summed E-state index contributed by atoms with van der Waals surface area (Å²) in [5.41, 5.74) is 4.14. The number of carboxylic acids is 1. The van der Waals surface area contributed by atoms with Gasteiger partial charge >= 0.3 is 11.9 Å². The first-order chi connectivity index (χ1) is 17.8. The maximum atomic E-state index is 12.7. The van der Waals surface area contributed by atoms with Gasteiger partial charge in [-0.25, -0.2) is 0 Å². The van der Waals surface area contributed by atoms with Crippen LogP contribution in [0.1, 0.15) is 68.4 Å². The van der Waals surface area contributed by atoms with Crippen LogP contribution in [0.3, 0.4) is 0 Å². The second kappa shape index (κ2) is 10.1. The highest BCUT2D eigenvalue weighted by Crippen LogP contribution is 2.52. The van der Waals surface area contributed by atoms with Crippen molar-refractivity contribution in [3.63, 3.8) is 0 Å². The van der Waals surface area contributed by atoms with E-state index < -0.39 is 5.97 Å². The number of carboxylic acid groups (broad SMARTS) is 1. The molecule has 1 aromatic heterocycles. The molecular formula is C29H33N3O5. The molecule has 1 aliphatic carbocycles. The summed E-state index contributed by atoms with van der Waals surface area (Å²) in [6.45, 7) is 2.48. The summed E-state index contributed by atoms with van der Waals surface area (Å²) >= 11 is 0. The second-order valence-corrected chi connectivity index (χ2v) is 10.5. The Morgan fingerprint density at radius 1 is 1.08 bits per heavy atom. The van der Waals surface area contributed by atoms with Gasteiger partial charge in [0.05, 0.1) is 24.3 Å². The predicted molar refractivity (Wildman–Crippen MR) is 137 cm³/mol. The van der Waals surface area contributed by atoms with Crippen LogP contribution in [-0.2, 0) is 37.9 Å². The van der Waals surface area contributed by atoms with E-state index in [1.807, 2.05) is 49.4 Å². The fraction of sp³-hybridized carbons (Fsp3) is 0.448. The zero-order valence-corrected chi connectivity index (χ0v) is 21.4. The lowest BCUT2D eigenvalue weighted by Gasteiger charge is -2.53. The van der Waals surface area contributed by atoms with Crippen molar-refractivity contribution in [1.82, 2.24) is 15.0 Å². The number of nitrogens with zero attached hydrogens (tertiary/aromatic N) is 3. The van der Waals surface area contributed by atoms with Crippen LogP contribution in [0, 0.1) is 0 Å². The SMILES string of the molecule is C[C@@H](OC(=O)Cc1c(-c2ccc(C34CCC(CCC(=O)O)(CC3)OC4)cc2)nnn1C)c1ccccc1. The average molecular weight is 504 g/mol. The van der Waals surface area contributed by atoms with Crippen molar-refractivity contribution in [3.05, 3.63) is 71.4 Å². The number of aliphatic carboxylic acids is 1. The van der Waals surface area contributed by atoms with Crippen LogP contribution in [0.5, 0.6) is 0 Å². The van der Waals surface area contributed by atoms with E-state index in [-0.39, 0.29) is 35.9 Å². The van der Waals surface area contributed by atoms with Gasteiger partial charge in [0.1, 0.15) is 11.8 Å². The van der Waals surface area contributed by atoms with Crippen LogP contribution in [0.4, 0.5) is 0 Å². The minimum absolute atomic E-state index is 0.0356. The van der Waals surface area contributed by atoms with Crippen LogP contribution < -0.4 is 0 Å². The van der Waals surface area contributed by atoms with Crippen molar-refractivity contribution in [1.29, 1.82) is 0 Å². The molecule has 3 heterocycles. The maximum absolute atomic E-state index is 12.7. The topological polar surface area (TPSA) is 104 Å². The molecule has 2 aliphatic heterocycles. The van der Waals surface area contributed by atoms with Gasteiger partial charge in [0.15, 0.2) is 0 Å². The van der Waals surface area contributed by atoms with Gasteiger partial charge in [-0.3, -0.25) is 14.3 Å². The Labute approximate surface area is 216 Å². The van der Waals surface area contributed by atoms with E-state index in [4.69, 9.17) is 14.6 Å². The largest absolute Gasteiger partial charge is 0.481 e. The summed E-state index contributed by atoms with van der Waals surface area (Å²) in [6.07, 6.45) is 4.24. The molecule has 37 heavy (non-hydrogen) atoms. The van der Waals surface area contributed by atoms with E-state index in [2.05, 4.69) is 22.4 Å². The molecule has 0 amide bonds. The van der Waals surface area contributed by atoms with Crippen LogP contribution in [0.25, 0.3) is 11.3 Å². The van der Waals surface area contributed by atoms with Crippen molar-refractivity contribution in [2.45, 2.75) is 69.0 Å². The van der Waals surface area contributed by atoms with E-state index in [1.165, 1.54) is 5.56 Å². The summed E-state index contributed by atoms with van der Waals surface area (Å²) in [7, 11) is 1.78. The maximum Gasteiger partial charge on any atom is 0.312 e. The molecular weight excluding hydrogens is 470 g/mol. The summed E-state index contributed by atoms with van der Waals surface area (Å²) in [4.78, 5) is 23.8. The number of esters is 1. The second-order valence-electron chi connectivity index (χ2n) is 10.5. The molecule has 6 rings (SSSR count). The molecule has 1 N–H and O–H groups in total. The van der Waals surface area contributed by atoms with E-state index >= 15 is 0 Å². The van der Waals surface area contributed by atoms with Crippen LogP contribution >= 0.6 is 0 Å². The van der Waals surface area contributed by atoms with Gasteiger partial charge in [0, 0.05) is 24.4 Å². The van der Waals surface area contributed by atoms with Crippen molar-refractivity contribution < 1.29 is 24.2 Å². The number of carbonyl (C=O) groups is 2. The van der Waals surface area contributed by atoms with Gasteiger partial charge in [-0.15, -0.1) is 5.10 Å². The highest BCUT2D eigenvalue weighted by molar-refractivity contribution is 5.76. The van der Waals surface area contributed by atoms with Crippen LogP contribution in [-0.4, -0.2) is 44.2 Å². The molecule has 3 aromatic rings. The first-order valence-corrected chi connectivity index (χ1v) is 12.9. The quantitative estimate of drug-likeness (QED) is 0.419. The normalized spacial score (nSPS) is 23.5. The zero-order valence-electron chi connectivity index (χ0n) is 21.4. The summed E-state index contributed by atoms with van der Waals surface area (Å²) < 4.78 is 13.6. The van der Waals surface area contributed by atoms with E-state index in [0.29, 0.717) is 24.4 Å². The fourth-order valence-electron chi connectivity index (χ4n) is 5.74. The Bertz CT molecular complexity index is 1240. The average Bonchev–Trinajstić information content (AvgIpc) is 3.28. The molecule has 1 atom stereocenters. The van der Waals surface area contributed by atoms with Crippen molar-refractivity contribution in [3.8, 4) is 11.3 Å². The Balaban J connectivity index is 1.27. The Kier molecular flexibility index (Phi) is 6.86. The minimum atomic E-state index is -0.765. The molecule has 8 nitrogen and oxygen atoms in total. The Hall–Kier alpha value is -3.52.